The molecular formula is C10H9FN4O2. The van der Waals surface area contributed by atoms with Crippen LogP contribution in [-0.4, -0.2) is 14.8 Å². The Morgan fingerprint density at radius 3 is 3.06 bits per heavy atom. The van der Waals surface area contributed by atoms with Gasteiger partial charge in [0.1, 0.15) is 0 Å². The lowest BCUT2D eigenvalue weighted by atomic mass is 10.3. The van der Waals surface area contributed by atoms with Gasteiger partial charge in [-0.3, -0.25) is 10.1 Å². The predicted molar refractivity (Wildman–Crippen MR) is 57.1 cm³/mol. The molecule has 1 aliphatic heterocycles. The number of hydrogen-bond acceptors (Lipinski definition) is 5. The largest absolute Gasteiger partial charge is 0.341 e. The van der Waals surface area contributed by atoms with E-state index in [9.17, 15) is 14.5 Å². The van der Waals surface area contributed by atoms with E-state index in [0.717, 1.165) is 11.8 Å². The van der Waals surface area contributed by atoms with Gasteiger partial charge in [-0.1, -0.05) is 6.07 Å². The lowest BCUT2D eigenvalue weighted by Gasteiger charge is -2.15. The van der Waals surface area contributed by atoms with Crippen molar-refractivity contribution in [2.24, 2.45) is 0 Å². The van der Waals surface area contributed by atoms with Gasteiger partial charge in [-0.05, 0) is 11.6 Å². The molecule has 1 N–H and O–H groups in total. The molecule has 1 aromatic rings. The molecule has 17 heavy (non-hydrogen) atoms. The Hall–Kier alpha value is -2.44. The molecule has 0 unspecified atom stereocenters. The van der Waals surface area contributed by atoms with Crippen molar-refractivity contribution in [3.63, 3.8) is 0 Å². The summed E-state index contributed by atoms with van der Waals surface area (Å²) in [7, 11) is 0. The molecule has 88 valence electrons. The Balaban J connectivity index is 2.10. The molecular weight excluding hydrogens is 227 g/mol. The molecule has 0 bridgehead atoms. The Kier molecular flexibility index (Phi) is 2.99. The summed E-state index contributed by atoms with van der Waals surface area (Å²) in [6.07, 6.45) is 5.52. The van der Waals surface area contributed by atoms with Crippen LogP contribution in [-0.2, 0) is 6.54 Å². The third-order valence-corrected chi connectivity index (χ3v) is 2.16. The van der Waals surface area contributed by atoms with Crippen LogP contribution in [0.2, 0.25) is 0 Å². The highest BCUT2D eigenvalue weighted by molar-refractivity contribution is 5.16. The molecule has 2 heterocycles. The van der Waals surface area contributed by atoms with Crippen molar-refractivity contribution in [2.75, 3.05) is 0 Å². The minimum atomic E-state index is -0.551. The molecule has 0 aromatic carbocycles. The van der Waals surface area contributed by atoms with E-state index < -0.39 is 10.9 Å². The second kappa shape index (κ2) is 4.60. The average Bonchev–Trinajstić information content (AvgIpc) is 2.68. The normalized spacial score (nSPS) is 16.3. The van der Waals surface area contributed by atoms with Crippen LogP contribution in [0.25, 0.3) is 0 Å². The van der Waals surface area contributed by atoms with E-state index in [1.54, 1.807) is 23.4 Å². The van der Waals surface area contributed by atoms with E-state index in [2.05, 4.69) is 10.3 Å². The Morgan fingerprint density at radius 1 is 1.59 bits per heavy atom. The first-order valence-corrected chi connectivity index (χ1v) is 4.81. The van der Waals surface area contributed by atoms with Crippen molar-refractivity contribution >= 4 is 0 Å². The van der Waals surface area contributed by atoms with Crippen LogP contribution in [0.15, 0.2) is 42.8 Å². The van der Waals surface area contributed by atoms with Gasteiger partial charge in [-0.15, -0.1) is 0 Å². The van der Waals surface area contributed by atoms with E-state index >= 15 is 0 Å². The highest BCUT2D eigenvalue weighted by atomic mass is 19.1. The first-order chi connectivity index (χ1) is 8.15. The quantitative estimate of drug-likeness (QED) is 0.484. The number of nitrogens with zero attached hydrogens (tertiary/aromatic N) is 3. The number of halogens is 1. The van der Waals surface area contributed by atoms with Crippen molar-refractivity contribution in [2.45, 2.75) is 6.54 Å². The van der Waals surface area contributed by atoms with Crippen molar-refractivity contribution in [1.29, 1.82) is 0 Å². The maximum atomic E-state index is 12.6. The summed E-state index contributed by atoms with van der Waals surface area (Å²) < 4.78 is 12.6. The zero-order valence-electron chi connectivity index (χ0n) is 8.71. The highest BCUT2D eigenvalue weighted by Crippen LogP contribution is 2.13. The van der Waals surface area contributed by atoms with Gasteiger partial charge in [0, 0.05) is 18.6 Å². The Morgan fingerprint density at radius 2 is 2.41 bits per heavy atom. The summed E-state index contributed by atoms with van der Waals surface area (Å²) in [6, 6.07) is 2.83. The zero-order chi connectivity index (χ0) is 12.3. The van der Waals surface area contributed by atoms with Crippen LogP contribution < -0.4 is 5.32 Å². The van der Waals surface area contributed by atoms with Gasteiger partial charge in [0.25, 0.3) is 6.20 Å². The van der Waals surface area contributed by atoms with E-state index in [1.807, 2.05) is 0 Å². The van der Waals surface area contributed by atoms with E-state index in [4.69, 9.17) is 0 Å². The average molecular weight is 236 g/mol. The van der Waals surface area contributed by atoms with Crippen molar-refractivity contribution < 1.29 is 9.31 Å². The number of hydrogen-bond donors (Lipinski definition) is 1. The maximum absolute atomic E-state index is 12.6. The highest BCUT2D eigenvalue weighted by Gasteiger charge is 2.15. The second-order valence-electron chi connectivity index (χ2n) is 3.38. The summed E-state index contributed by atoms with van der Waals surface area (Å²) in [5.41, 5.74) is 0.758. The van der Waals surface area contributed by atoms with Crippen LogP contribution in [0.1, 0.15) is 5.56 Å². The number of nitrogens with one attached hydrogen (secondary N) is 1. The zero-order valence-corrected chi connectivity index (χ0v) is 8.71. The number of rotatable bonds is 3. The third kappa shape index (κ3) is 2.77. The second-order valence-corrected chi connectivity index (χ2v) is 3.38. The van der Waals surface area contributed by atoms with Crippen LogP contribution >= 0.6 is 0 Å². The topological polar surface area (TPSA) is 71.3 Å². The van der Waals surface area contributed by atoms with Crippen LogP contribution in [0, 0.1) is 16.1 Å². The molecule has 0 amide bonds. The maximum Gasteiger partial charge on any atom is 0.274 e. The van der Waals surface area contributed by atoms with E-state index in [1.165, 1.54) is 12.3 Å². The van der Waals surface area contributed by atoms with Crippen molar-refractivity contribution in [1.82, 2.24) is 15.2 Å². The van der Waals surface area contributed by atoms with Gasteiger partial charge in [0.2, 0.25) is 5.95 Å². The third-order valence-electron chi connectivity index (χ3n) is 2.16. The number of aromatic nitrogens is 1. The number of nitro groups is 1. The van der Waals surface area contributed by atoms with Gasteiger partial charge in [0.05, 0.1) is 11.5 Å². The van der Waals surface area contributed by atoms with Crippen LogP contribution in [0.3, 0.4) is 0 Å². The van der Waals surface area contributed by atoms with Crippen molar-refractivity contribution in [3.8, 4) is 0 Å². The summed E-state index contributed by atoms with van der Waals surface area (Å²) in [5, 5.41) is 13.1. The molecule has 0 spiro atoms. The van der Waals surface area contributed by atoms with Crippen molar-refractivity contribution in [3.05, 3.63) is 64.4 Å². The Bertz CT molecular complexity index is 484. The van der Waals surface area contributed by atoms with Gasteiger partial charge in [-0.25, -0.2) is 4.98 Å². The molecule has 6 nitrogen and oxygen atoms in total. The van der Waals surface area contributed by atoms with E-state index in [-0.39, 0.29) is 0 Å². The lowest BCUT2D eigenvalue weighted by molar-refractivity contribution is -0.404. The lowest BCUT2D eigenvalue weighted by Crippen LogP contribution is -2.19. The minimum Gasteiger partial charge on any atom is -0.341 e. The molecule has 0 saturated carbocycles. The van der Waals surface area contributed by atoms with Gasteiger partial charge >= 0.3 is 0 Å². The van der Waals surface area contributed by atoms with Crippen LogP contribution in [0.5, 0.6) is 0 Å². The molecule has 1 aliphatic rings. The SMILES string of the molecule is O=[N+]([O-])/C=C1\NC=CN1Cc1ccc(F)nc1. The predicted octanol–water partition coefficient (Wildman–Crippen LogP) is 1.17. The smallest absolute Gasteiger partial charge is 0.274 e. The van der Waals surface area contributed by atoms with Gasteiger partial charge in [0.15, 0.2) is 5.82 Å². The molecule has 0 radical (unpaired) electrons. The molecule has 0 saturated heterocycles. The molecule has 1 aromatic heterocycles. The fourth-order valence-corrected chi connectivity index (χ4v) is 1.42. The van der Waals surface area contributed by atoms with Gasteiger partial charge < -0.3 is 10.2 Å². The first kappa shape index (κ1) is 11.1. The molecule has 2 rings (SSSR count). The number of pyridine rings is 1. The fourth-order valence-electron chi connectivity index (χ4n) is 1.42. The molecule has 7 heteroatoms. The summed E-state index contributed by atoms with van der Waals surface area (Å²) in [5.74, 6) is -0.191. The van der Waals surface area contributed by atoms with Gasteiger partial charge in [-0.2, -0.15) is 4.39 Å². The van der Waals surface area contributed by atoms with E-state index in [0.29, 0.717) is 12.4 Å². The monoisotopic (exact) mass is 236 g/mol. The molecule has 0 fully saturated rings. The summed E-state index contributed by atoms with van der Waals surface area (Å²) in [4.78, 5) is 15.0. The Labute approximate surface area is 96.2 Å². The summed E-state index contributed by atoms with van der Waals surface area (Å²) >= 11 is 0. The van der Waals surface area contributed by atoms with Crippen LogP contribution in [0.4, 0.5) is 4.39 Å². The first-order valence-electron chi connectivity index (χ1n) is 4.81. The molecule has 0 atom stereocenters. The standard InChI is InChI=1S/C10H9FN4O2/c11-9-2-1-8(5-13-9)6-14-4-3-12-10(14)7-15(16)17/h1-5,7,12H,6H2/b10-7+. The fraction of sp³-hybridized carbons (Fsp3) is 0.100. The summed E-state index contributed by atoms with van der Waals surface area (Å²) in [6.45, 7) is 0.385. The molecule has 0 aliphatic carbocycles. The minimum absolute atomic E-state index is 0.360.